The van der Waals surface area contributed by atoms with E-state index in [-0.39, 0.29) is 0 Å². The highest BCUT2D eigenvalue weighted by atomic mass is 127. The molecule has 0 radical (unpaired) electrons. The summed E-state index contributed by atoms with van der Waals surface area (Å²) in [5, 5.41) is 0. The van der Waals surface area contributed by atoms with E-state index in [1.54, 1.807) is 0 Å². The molecule has 108 valence electrons. The number of halogens is 11. The van der Waals surface area contributed by atoms with Crippen LogP contribution in [0, 0.1) is 0 Å². The Bertz CT molecular complexity index is 328. The molecular weight excluding hydrogens is 401 g/mol. The lowest BCUT2D eigenvalue weighted by Crippen LogP contribution is -2.65. The van der Waals surface area contributed by atoms with E-state index in [0.717, 1.165) is 0 Å². The second-order valence-corrected chi connectivity index (χ2v) is 4.40. The van der Waals surface area contributed by atoms with Crippen molar-refractivity contribution in [2.75, 3.05) is 0 Å². The van der Waals surface area contributed by atoms with E-state index in [9.17, 15) is 43.9 Å². The van der Waals surface area contributed by atoms with Gasteiger partial charge < -0.3 is 0 Å². The van der Waals surface area contributed by atoms with E-state index in [2.05, 4.69) is 6.58 Å². The van der Waals surface area contributed by atoms with Crippen molar-refractivity contribution in [1.29, 1.82) is 0 Å². The van der Waals surface area contributed by atoms with E-state index in [0.29, 0.717) is 0 Å². The minimum Gasteiger partial charge on any atom is -0.195 e. The molecule has 0 spiro atoms. The van der Waals surface area contributed by atoms with Gasteiger partial charge in [-0.1, -0.05) is 6.58 Å². The molecule has 0 saturated carbocycles. The van der Waals surface area contributed by atoms with Crippen LogP contribution in [-0.2, 0) is 0 Å². The largest absolute Gasteiger partial charge is 0.387 e. The minimum absolute atomic E-state index is 0.543. The number of hydrogen-bond donors (Lipinski definition) is 0. The van der Waals surface area contributed by atoms with Crippen LogP contribution in [0.15, 0.2) is 12.7 Å². The maximum Gasteiger partial charge on any atom is 0.387 e. The van der Waals surface area contributed by atoms with Gasteiger partial charge in [0.15, 0.2) is 0 Å². The Balaban J connectivity index is 5.87. The second kappa shape index (κ2) is 4.40. The summed E-state index contributed by atoms with van der Waals surface area (Å²) in [7, 11) is 0. The molecule has 0 aromatic heterocycles. The van der Waals surface area contributed by atoms with Crippen LogP contribution < -0.4 is 0 Å². The Morgan fingerprint density at radius 3 is 1.22 bits per heavy atom. The molecule has 0 heterocycles. The summed E-state index contributed by atoms with van der Waals surface area (Å²) in [6.07, 6.45) is -1.03. The third-order valence-corrected chi connectivity index (χ3v) is 2.50. The zero-order valence-corrected chi connectivity index (χ0v) is 10.1. The zero-order chi connectivity index (χ0) is 15.2. The van der Waals surface area contributed by atoms with Crippen molar-refractivity contribution < 1.29 is 43.9 Å². The van der Waals surface area contributed by atoms with Gasteiger partial charge in [0.2, 0.25) is 0 Å². The summed E-state index contributed by atoms with van der Waals surface area (Å²) in [4.78, 5) is 0. The molecular formula is C7H3F10I. The molecule has 11 heteroatoms. The molecule has 0 rings (SSSR count). The molecule has 0 fully saturated rings. The number of allylic oxidation sites excluding steroid dienone is 1. The van der Waals surface area contributed by atoms with Crippen molar-refractivity contribution in [3.63, 3.8) is 0 Å². The molecule has 0 N–H and O–H groups in total. The van der Waals surface area contributed by atoms with E-state index in [1.807, 2.05) is 0 Å². The Morgan fingerprint density at radius 2 is 1.00 bits per heavy atom. The van der Waals surface area contributed by atoms with E-state index in [1.165, 1.54) is 0 Å². The second-order valence-electron chi connectivity index (χ2n) is 3.05. The Hall–Kier alpha value is -0.230. The highest BCUT2D eigenvalue weighted by molar-refractivity contribution is 14.1. The molecule has 0 aromatic carbocycles. The van der Waals surface area contributed by atoms with Gasteiger partial charge in [-0.05, 0) is 6.08 Å². The number of rotatable bonds is 5. The first-order valence-electron chi connectivity index (χ1n) is 3.78. The maximum absolute atomic E-state index is 12.6. The van der Waals surface area contributed by atoms with Crippen molar-refractivity contribution in [3.05, 3.63) is 12.7 Å². The lowest BCUT2D eigenvalue weighted by molar-refractivity contribution is -0.377. The van der Waals surface area contributed by atoms with Gasteiger partial charge in [-0.3, -0.25) is 0 Å². The van der Waals surface area contributed by atoms with Crippen LogP contribution >= 0.6 is 22.6 Å². The molecule has 0 bridgehead atoms. The lowest BCUT2D eigenvalue weighted by atomic mass is 9.99. The van der Waals surface area contributed by atoms with Crippen LogP contribution in [0.2, 0.25) is 0 Å². The van der Waals surface area contributed by atoms with Gasteiger partial charge in [-0.15, -0.1) is 0 Å². The summed E-state index contributed by atoms with van der Waals surface area (Å²) < 4.78 is 119. The molecule has 0 aromatic rings. The molecule has 0 amide bonds. The summed E-state index contributed by atoms with van der Waals surface area (Å²) in [6.45, 7) is 2.06. The van der Waals surface area contributed by atoms with E-state index in [4.69, 9.17) is 0 Å². The van der Waals surface area contributed by atoms with E-state index < -0.39 is 56.3 Å². The van der Waals surface area contributed by atoms with Crippen LogP contribution in [-0.4, -0.2) is 27.6 Å². The van der Waals surface area contributed by atoms with Gasteiger partial charge >= 0.3 is 27.6 Å². The monoisotopic (exact) mass is 404 g/mol. The predicted octanol–water partition coefficient (Wildman–Crippen LogP) is 4.74. The first-order chi connectivity index (χ1) is 7.56. The third-order valence-electron chi connectivity index (χ3n) is 1.82. The highest BCUT2D eigenvalue weighted by Crippen LogP contribution is 2.58. The van der Waals surface area contributed by atoms with Crippen molar-refractivity contribution in [2.24, 2.45) is 0 Å². The topological polar surface area (TPSA) is 0 Å². The molecule has 0 nitrogen and oxygen atoms in total. The molecule has 0 aliphatic heterocycles. The minimum atomic E-state index is -6.98. The predicted molar refractivity (Wildman–Crippen MR) is 49.0 cm³/mol. The smallest absolute Gasteiger partial charge is 0.195 e. The maximum atomic E-state index is 12.6. The van der Waals surface area contributed by atoms with Crippen LogP contribution in [0.1, 0.15) is 0 Å². The molecule has 0 saturated heterocycles. The van der Waals surface area contributed by atoms with Gasteiger partial charge in [0, 0.05) is 22.6 Å². The van der Waals surface area contributed by atoms with E-state index >= 15 is 0 Å². The zero-order valence-electron chi connectivity index (χ0n) is 7.94. The standard InChI is InChI=1S/C7H3F10I/c1-2-3(8,9)4(10,11)5(12,13)6(14,15)7(16,17)18/h2H,1H2. The fourth-order valence-electron chi connectivity index (χ4n) is 0.713. The van der Waals surface area contributed by atoms with Crippen LogP contribution in [0.4, 0.5) is 43.9 Å². The normalized spacial score (nSPS) is 15.7. The SMILES string of the molecule is C=CC(F)(F)C(F)(F)C(F)(F)C(F)(F)C(F)(F)I. The fraction of sp³-hybridized carbons (Fsp3) is 0.714. The average Bonchev–Trinajstić information content (AvgIpc) is 2.15. The summed E-state index contributed by atoms with van der Waals surface area (Å²) in [5.74, 6) is -26.2. The quantitative estimate of drug-likeness (QED) is 0.269. The Labute approximate surface area is 107 Å². The van der Waals surface area contributed by atoms with Crippen LogP contribution in [0.3, 0.4) is 0 Å². The third kappa shape index (κ3) is 2.29. The molecule has 18 heavy (non-hydrogen) atoms. The van der Waals surface area contributed by atoms with Gasteiger partial charge in [-0.2, -0.15) is 43.9 Å². The molecule has 0 unspecified atom stereocenters. The first kappa shape index (κ1) is 17.8. The average molecular weight is 404 g/mol. The summed E-state index contributed by atoms with van der Waals surface area (Å²) >= 11 is -0.543. The number of hydrogen-bond acceptors (Lipinski definition) is 0. The van der Waals surface area contributed by atoms with Crippen molar-refractivity contribution in [1.82, 2.24) is 0 Å². The Kier molecular flexibility index (Phi) is 4.35. The molecule has 0 aliphatic rings. The van der Waals surface area contributed by atoms with Crippen LogP contribution in [0.25, 0.3) is 0 Å². The fourth-order valence-corrected chi connectivity index (χ4v) is 1.05. The van der Waals surface area contributed by atoms with Crippen molar-refractivity contribution in [3.8, 4) is 0 Å². The van der Waals surface area contributed by atoms with Gasteiger partial charge in [-0.25, -0.2) is 0 Å². The van der Waals surface area contributed by atoms with Gasteiger partial charge in [0.25, 0.3) is 0 Å². The van der Waals surface area contributed by atoms with Crippen molar-refractivity contribution >= 4 is 22.6 Å². The van der Waals surface area contributed by atoms with Gasteiger partial charge in [0.1, 0.15) is 0 Å². The van der Waals surface area contributed by atoms with Crippen molar-refractivity contribution in [2.45, 2.75) is 27.6 Å². The summed E-state index contributed by atoms with van der Waals surface area (Å²) in [5.41, 5.74) is 0. The van der Waals surface area contributed by atoms with Gasteiger partial charge in [0.05, 0.1) is 0 Å². The molecule has 0 aliphatic carbocycles. The van der Waals surface area contributed by atoms with Crippen LogP contribution in [0.5, 0.6) is 0 Å². The highest BCUT2D eigenvalue weighted by Gasteiger charge is 2.85. The number of alkyl halides is 11. The molecule has 0 atom stereocenters. The lowest BCUT2D eigenvalue weighted by Gasteiger charge is -2.37. The Morgan fingerprint density at radius 1 is 0.667 bits per heavy atom. The first-order valence-corrected chi connectivity index (χ1v) is 4.85. The summed E-state index contributed by atoms with van der Waals surface area (Å²) in [6, 6.07) is 0.